The quantitative estimate of drug-likeness (QED) is 0.593. The van der Waals surface area contributed by atoms with Crippen LogP contribution in [0, 0.1) is 10.8 Å². The van der Waals surface area contributed by atoms with E-state index in [1.54, 1.807) is 0 Å². The fraction of sp³-hybridized carbons (Fsp3) is 0.867. The van der Waals surface area contributed by atoms with Crippen LogP contribution in [-0.4, -0.2) is 31.4 Å². The predicted octanol–water partition coefficient (Wildman–Crippen LogP) is 3.06. The van der Waals surface area contributed by atoms with Gasteiger partial charge in [-0.25, -0.2) is 0 Å². The van der Waals surface area contributed by atoms with Gasteiger partial charge in [-0.15, -0.1) is 0 Å². The van der Waals surface area contributed by atoms with Crippen molar-refractivity contribution in [1.82, 2.24) is 0 Å². The minimum atomic E-state index is -1.23. The average molecular weight is 361 g/mol. The van der Waals surface area contributed by atoms with Crippen molar-refractivity contribution in [3.63, 3.8) is 0 Å². The Kier molecular flexibility index (Phi) is 9.57. The minimum absolute atomic E-state index is 0.215. The van der Waals surface area contributed by atoms with Crippen LogP contribution < -0.4 is 0 Å². The first-order valence-corrected chi connectivity index (χ1v) is 10.3. The third kappa shape index (κ3) is 10.1. The average Bonchev–Trinajstić information content (AvgIpc) is 2.29. The third-order valence-electron chi connectivity index (χ3n) is 2.88. The van der Waals surface area contributed by atoms with Crippen LogP contribution in [0.2, 0.25) is 3.23 Å². The summed E-state index contributed by atoms with van der Waals surface area (Å²) >= 11 is -1.23. The molecule has 0 aromatic rings. The van der Waals surface area contributed by atoms with E-state index in [4.69, 9.17) is 6.79 Å². The molecule has 0 aliphatic rings. The first kappa shape index (κ1) is 20.4. The standard InChI is InChI=1S/C9H17O3.C6H11O.Y/c1-9(2,3)8(11)4-6-12-7-5-10;1-5(7)6(2,3)4;/h4-7H2,1-3H3;1H2,2-4H3;/q-1;;+1. The van der Waals surface area contributed by atoms with Crippen LogP contribution in [0.1, 0.15) is 48.0 Å². The number of carbonyl (C=O) groups excluding carboxylic acids is 2. The fourth-order valence-corrected chi connectivity index (χ4v) is 4.09. The molecule has 0 spiro atoms. The van der Waals surface area contributed by atoms with Gasteiger partial charge in [-0.05, 0) is 0 Å². The Balaban J connectivity index is 3.47. The molecule has 0 heterocycles. The van der Waals surface area contributed by atoms with E-state index in [0.717, 1.165) is 0 Å². The van der Waals surface area contributed by atoms with Gasteiger partial charge in [0.2, 0.25) is 0 Å². The van der Waals surface area contributed by atoms with Gasteiger partial charge in [0.1, 0.15) is 0 Å². The van der Waals surface area contributed by atoms with Crippen LogP contribution >= 0.6 is 0 Å². The summed E-state index contributed by atoms with van der Waals surface area (Å²) in [5, 5.41) is 0. The molecule has 5 heteroatoms. The molecule has 4 nitrogen and oxygen atoms in total. The monoisotopic (exact) mass is 361 g/mol. The second-order valence-electron chi connectivity index (χ2n) is 6.95. The van der Waals surface area contributed by atoms with Gasteiger partial charge in [0.25, 0.3) is 0 Å². The van der Waals surface area contributed by atoms with Gasteiger partial charge < -0.3 is 0 Å². The van der Waals surface area contributed by atoms with Crippen LogP contribution in [0.15, 0.2) is 0 Å². The Morgan fingerprint density at radius 1 is 0.850 bits per heavy atom. The van der Waals surface area contributed by atoms with Crippen molar-refractivity contribution in [3.8, 4) is 0 Å². The van der Waals surface area contributed by atoms with Crippen LogP contribution in [0.4, 0.5) is 0 Å². The maximum absolute atomic E-state index is 11.7. The molecule has 0 aromatic carbocycles. The van der Waals surface area contributed by atoms with E-state index < -0.39 is 29.7 Å². The zero-order valence-corrected chi connectivity index (χ0v) is 16.6. The van der Waals surface area contributed by atoms with E-state index in [0.29, 0.717) is 29.5 Å². The topological polar surface area (TPSA) is 52.6 Å². The molecule has 0 amide bonds. The van der Waals surface area contributed by atoms with Gasteiger partial charge in [0.15, 0.2) is 0 Å². The molecule has 0 unspecified atom stereocenters. The molecule has 0 aliphatic carbocycles. The van der Waals surface area contributed by atoms with Gasteiger partial charge in [-0.1, -0.05) is 0 Å². The van der Waals surface area contributed by atoms with Crippen molar-refractivity contribution in [2.45, 2.75) is 51.2 Å². The molecule has 20 heavy (non-hydrogen) atoms. The van der Waals surface area contributed by atoms with Crippen molar-refractivity contribution >= 4 is 11.6 Å². The molecule has 0 radical (unpaired) electrons. The summed E-state index contributed by atoms with van der Waals surface area (Å²) in [6, 6.07) is 0. The summed E-state index contributed by atoms with van der Waals surface area (Å²) in [6.07, 6.45) is 0.452. The summed E-state index contributed by atoms with van der Waals surface area (Å²) in [4.78, 5) is 23.3. The summed E-state index contributed by atoms with van der Waals surface area (Å²) < 4.78 is 11.5. The summed E-state index contributed by atoms with van der Waals surface area (Å²) in [6.45, 7) is 13.1. The van der Waals surface area contributed by atoms with Crippen LogP contribution in [0.3, 0.4) is 0 Å². The number of ether oxygens (including phenoxy) is 1. The number of rotatable bonds is 9. The van der Waals surface area contributed by atoms with Crippen LogP contribution in [-0.2, 0) is 46.1 Å². The van der Waals surface area contributed by atoms with Gasteiger partial charge >= 0.3 is 139 Å². The zero-order chi connectivity index (χ0) is 15.8. The van der Waals surface area contributed by atoms with E-state index in [2.05, 4.69) is 0 Å². The van der Waals surface area contributed by atoms with E-state index in [-0.39, 0.29) is 22.4 Å². The van der Waals surface area contributed by atoms with Gasteiger partial charge in [0.05, 0.1) is 0 Å². The first-order chi connectivity index (χ1) is 9.05. The molecule has 0 rings (SSSR count). The molecule has 0 aromatic heterocycles. The van der Waals surface area contributed by atoms with Gasteiger partial charge in [-0.2, -0.15) is 0 Å². The second-order valence-corrected chi connectivity index (χ2v) is 9.59. The van der Waals surface area contributed by atoms with Crippen LogP contribution in [0.25, 0.3) is 0 Å². The Labute approximate surface area is 139 Å². The Hall–Kier alpha value is 0.364. The van der Waals surface area contributed by atoms with E-state index in [1.807, 2.05) is 41.5 Å². The maximum atomic E-state index is 11.7. The van der Waals surface area contributed by atoms with Crippen molar-refractivity contribution in [2.24, 2.45) is 10.8 Å². The first-order valence-electron chi connectivity index (χ1n) is 7.13. The normalized spacial score (nSPS) is 12.1. The number of hydrogen-bond acceptors (Lipinski definition) is 4. The van der Waals surface area contributed by atoms with Gasteiger partial charge in [0, 0.05) is 0 Å². The molecule has 0 saturated carbocycles. The third-order valence-corrected chi connectivity index (χ3v) is 5.36. The van der Waals surface area contributed by atoms with Crippen molar-refractivity contribution in [3.05, 3.63) is 0 Å². The molecule has 0 N–H and O–H groups in total. The molecule has 0 saturated heterocycles. The summed E-state index contributed by atoms with van der Waals surface area (Å²) in [7, 11) is 0. The van der Waals surface area contributed by atoms with Gasteiger partial charge in [-0.3, -0.25) is 0 Å². The van der Waals surface area contributed by atoms with Crippen molar-refractivity contribution < 1.29 is 46.1 Å². The molecular formula is C15H28O4Y. The van der Waals surface area contributed by atoms with E-state index in [1.165, 1.54) is 0 Å². The fourth-order valence-electron chi connectivity index (χ4n) is 1.27. The Bertz CT molecular complexity index is 281. The van der Waals surface area contributed by atoms with E-state index >= 15 is 0 Å². The predicted molar refractivity (Wildman–Crippen MR) is 75.1 cm³/mol. The van der Waals surface area contributed by atoms with Crippen LogP contribution in [0.5, 0.6) is 0 Å². The molecule has 0 atom stereocenters. The van der Waals surface area contributed by atoms with Crippen molar-refractivity contribution in [2.75, 3.05) is 19.8 Å². The number of carbonyl (C=O) groups is 2. The second kappa shape index (κ2) is 9.40. The number of ketones is 2. The SMILES string of the molecule is CC(C)(C)C(=O)CCOCC[O][Y][CH2]C(=O)C(C)(C)C. The zero-order valence-electron chi connectivity index (χ0n) is 13.7. The molecule has 0 bridgehead atoms. The Morgan fingerprint density at radius 2 is 1.40 bits per heavy atom. The Morgan fingerprint density at radius 3 is 1.90 bits per heavy atom. The molecular weight excluding hydrogens is 333 g/mol. The molecule has 115 valence electrons. The summed E-state index contributed by atoms with van der Waals surface area (Å²) in [5.74, 6) is 0.502. The molecule has 0 fully saturated rings. The summed E-state index contributed by atoms with van der Waals surface area (Å²) in [5.41, 5.74) is -0.540. The number of hydrogen-bond donors (Lipinski definition) is 0. The van der Waals surface area contributed by atoms with Crippen molar-refractivity contribution in [1.29, 1.82) is 0 Å². The number of Topliss-reactive ketones (excluding diaryl/α,β-unsaturated/α-hetero) is 2. The van der Waals surface area contributed by atoms with E-state index in [9.17, 15) is 9.59 Å². The molecule has 0 aliphatic heterocycles.